The van der Waals surface area contributed by atoms with Crippen LogP contribution in [0.1, 0.15) is 31.9 Å². The van der Waals surface area contributed by atoms with E-state index in [9.17, 15) is 0 Å². The fourth-order valence-electron chi connectivity index (χ4n) is 1.94. The molecule has 4 heteroatoms. The highest BCUT2D eigenvalue weighted by atomic mass is 35.5. The average molecular weight is 289 g/mol. The lowest BCUT2D eigenvalue weighted by Crippen LogP contribution is -2.32. The Kier molecular flexibility index (Phi) is 6.44. The van der Waals surface area contributed by atoms with E-state index in [-0.39, 0.29) is 6.04 Å². The molecule has 18 heavy (non-hydrogen) atoms. The van der Waals surface area contributed by atoms with Crippen molar-refractivity contribution in [2.75, 3.05) is 20.1 Å². The van der Waals surface area contributed by atoms with Crippen LogP contribution in [0.4, 0.5) is 0 Å². The molecule has 1 unspecified atom stereocenters. The maximum Gasteiger partial charge on any atom is 0.0640 e. The van der Waals surface area contributed by atoms with Crippen molar-refractivity contribution in [3.63, 3.8) is 0 Å². The van der Waals surface area contributed by atoms with Gasteiger partial charge in [-0.25, -0.2) is 0 Å². The maximum absolute atomic E-state index is 6.26. The number of benzene rings is 1. The minimum atomic E-state index is 0.120. The SMILES string of the molecule is CC(C)CCN(C)C(CN)c1cccc(Cl)c1Cl. The van der Waals surface area contributed by atoms with E-state index in [1.807, 2.05) is 12.1 Å². The molecule has 0 spiro atoms. The van der Waals surface area contributed by atoms with E-state index in [0.29, 0.717) is 22.5 Å². The predicted molar refractivity (Wildman–Crippen MR) is 80.3 cm³/mol. The van der Waals surface area contributed by atoms with E-state index < -0.39 is 0 Å². The zero-order valence-corrected chi connectivity index (χ0v) is 12.8. The molecule has 0 aromatic heterocycles. The van der Waals surface area contributed by atoms with Crippen molar-refractivity contribution in [1.29, 1.82) is 0 Å². The van der Waals surface area contributed by atoms with Crippen LogP contribution in [0.3, 0.4) is 0 Å². The zero-order chi connectivity index (χ0) is 13.7. The van der Waals surface area contributed by atoms with E-state index in [0.717, 1.165) is 18.5 Å². The molecule has 1 aromatic rings. The molecular weight excluding hydrogens is 267 g/mol. The third kappa shape index (κ3) is 4.13. The van der Waals surface area contributed by atoms with Crippen LogP contribution in [-0.4, -0.2) is 25.0 Å². The van der Waals surface area contributed by atoms with Crippen LogP contribution >= 0.6 is 23.2 Å². The van der Waals surface area contributed by atoms with Crippen LogP contribution in [0.2, 0.25) is 10.0 Å². The van der Waals surface area contributed by atoms with Crippen molar-refractivity contribution in [3.05, 3.63) is 33.8 Å². The minimum absolute atomic E-state index is 0.120. The fraction of sp³-hybridized carbons (Fsp3) is 0.571. The normalized spacial score (nSPS) is 13.3. The third-order valence-corrected chi connectivity index (χ3v) is 3.99. The number of likely N-dealkylation sites (N-methyl/N-ethyl adjacent to an activating group) is 1. The Balaban J connectivity index is 2.85. The number of nitrogens with two attached hydrogens (primary N) is 1. The average Bonchev–Trinajstić information content (AvgIpc) is 2.32. The smallest absolute Gasteiger partial charge is 0.0640 e. The van der Waals surface area contributed by atoms with Gasteiger partial charge in [0, 0.05) is 12.6 Å². The molecule has 0 aliphatic rings. The molecule has 2 nitrogen and oxygen atoms in total. The number of hydrogen-bond acceptors (Lipinski definition) is 2. The summed E-state index contributed by atoms with van der Waals surface area (Å²) in [5.41, 5.74) is 6.90. The lowest BCUT2D eigenvalue weighted by molar-refractivity contribution is 0.236. The Hall–Kier alpha value is -0.280. The van der Waals surface area contributed by atoms with Gasteiger partial charge in [-0.05, 0) is 37.6 Å². The standard InChI is InChI=1S/C14H22Cl2N2/c1-10(2)7-8-18(3)13(9-17)11-5-4-6-12(15)14(11)16/h4-6,10,13H,7-9,17H2,1-3H3. The monoisotopic (exact) mass is 288 g/mol. The summed E-state index contributed by atoms with van der Waals surface area (Å²) in [5.74, 6) is 0.681. The van der Waals surface area contributed by atoms with Crippen molar-refractivity contribution in [1.82, 2.24) is 4.90 Å². The first kappa shape index (κ1) is 15.8. The minimum Gasteiger partial charge on any atom is -0.329 e. The molecule has 0 saturated carbocycles. The third-order valence-electron chi connectivity index (χ3n) is 3.15. The molecule has 0 amide bonds. The molecule has 1 atom stereocenters. The molecule has 102 valence electrons. The van der Waals surface area contributed by atoms with E-state index in [4.69, 9.17) is 28.9 Å². The number of nitrogens with zero attached hydrogens (tertiary/aromatic N) is 1. The molecule has 0 saturated heterocycles. The van der Waals surface area contributed by atoms with Crippen molar-refractivity contribution in [2.24, 2.45) is 11.7 Å². The van der Waals surface area contributed by atoms with Gasteiger partial charge in [-0.3, -0.25) is 4.90 Å². The van der Waals surface area contributed by atoms with Crippen molar-refractivity contribution >= 4 is 23.2 Å². The van der Waals surface area contributed by atoms with Gasteiger partial charge in [0.1, 0.15) is 0 Å². The van der Waals surface area contributed by atoms with Gasteiger partial charge in [-0.15, -0.1) is 0 Å². The maximum atomic E-state index is 6.26. The first-order chi connectivity index (χ1) is 8.47. The van der Waals surface area contributed by atoms with E-state index in [1.54, 1.807) is 6.07 Å². The number of rotatable bonds is 6. The number of halogens is 2. The second kappa shape index (κ2) is 7.34. The Labute approximate surface area is 120 Å². The highest BCUT2D eigenvalue weighted by molar-refractivity contribution is 6.42. The van der Waals surface area contributed by atoms with Gasteiger partial charge in [0.15, 0.2) is 0 Å². The van der Waals surface area contributed by atoms with Gasteiger partial charge >= 0.3 is 0 Å². The lowest BCUT2D eigenvalue weighted by Gasteiger charge is -2.28. The van der Waals surface area contributed by atoms with Crippen LogP contribution < -0.4 is 5.73 Å². The van der Waals surface area contributed by atoms with Crippen molar-refractivity contribution < 1.29 is 0 Å². The quantitative estimate of drug-likeness (QED) is 0.858. The predicted octanol–water partition coefficient (Wildman–Crippen LogP) is 3.97. The highest BCUT2D eigenvalue weighted by Gasteiger charge is 2.19. The summed E-state index contributed by atoms with van der Waals surface area (Å²) in [4.78, 5) is 2.25. The summed E-state index contributed by atoms with van der Waals surface area (Å²) in [7, 11) is 2.08. The highest BCUT2D eigenvalue weighted by Crippen LogP contribution is 2.32. The molecule has 1 aromatic carbocycles. The van der Waals surface area contributed by atoms with Gasteiger partial charge in [0.2, 0.25) is 0 Å². The van der Waals surface area contributed by atoms with E-state index in [2.05, 4.69) is 25.8 Å². The van der Waals surface area contributed by atoms with E-state index >= 15 is 0 Å². The second-order valence-corrected chi connectivity index (χ2v) is 5.84. The molecule has 1 rings (SSSR count). The van der Waals surface area contributed by atoms with Crippen LogP contribution in [0.5, 0.6) is 0 Å². The zero-order valence-electron chi connectivity index (χ0n) is 11.3. The van der Waals surface area contributed by atoms with Crippen molar-refractivity contribution in [2.45, 2.75) is 26.3 Å². The van der Waals surface area contributed by atoms with Crippen LogP contribution in [-0.2, 0) is 0 Å². The molecule has 0 heterocycles. The summed E-state index contributed by atoms with van der Waals surface area (Å²) in [6.07, 6.45) is 1.14. The molecular formula is C14H22Cl2N2. The van der Waals surface area contributed by atoms with Gasteiger partial charge < -0.3 is 5.73 Å². The molecule has 0 aliphatic carbocycles. The summed E-state index contributed by atoms with van der Waals surface area (Å²) in [6.45, 7) is 5.98. The topological polar surface area (TPSA) is 29.3 Å². The molecule has 0 fully saturated rings. The van der Waals surface area contributed by atoms with Gasteiger partial charge in [-0.2, -0.15) is 0 Å². The molecule has 2 N–H and O–H groups in total. The number of hydrogen-bond donors (Lipinski definition) is 1. The van der Waals surface area contributed by atoms with Gasteiger partial charge in [0.25, 0.3) is 0 Å². The summed E-state index contributed by atoms with van der Waals surface area (Å²) in [6, 6.07) is 5.84. The fourth-order valence-corrected chi connectivity index (χ4v) is 2.37. The Bertz CT molecular complexity index is 380. The van der Waals surface area contributed by atoms with Crippen molar-refractivity contribution in [3.8, 4) is 0 Å². The summed E-state index contributed by atoms with van der Waals surface area (Å²) < 4.78 is 0. The Morgan fingerprint density at radius 1 is 1.28 bits per heavy atom. The first-order valence-electron chi connectivity index (χ1n) is 6.31. The molecule has 0 aliphatic heterocycles. The second-order valence-electron chi connectivity index (χ2n) is 5.06. The lowest BCUT2D eigenvalue weighted by atomic mass is 10.0. The van der Waals surface area contributed by atoms with Crippen LogP contribution in [0.25, 0.3) is 0 Å². The van der Waals surface area contributed by atoms with Gasteiger partial charge in [-0.1, -0.05) is 49.2 Å². The first-order valence-corrected chi connectivity index (χ1v) is 7.07. The van der Waals surface area contributed by atoms with E-state index in [1.165, 1.54) is 0 Å². The Morgan fingerprint density at radius 3 is 2.50 bits per heavy atom. The summed E-state index contributed by atoms with van der Waals surface area (Å²) >= 11 is 12.3. The van der Waals surface area contributed by atoms with Gasteiger partial charge in [0.05, 0.1) is 10.0 Å². The summed E-state index contributed by atoms with van der Waals surface area (Å²) in [5, 5.41) is 1.20. The Morgan fingerprint density at radius 2 is 1.94 bits per heavy atom. The molecule has 0 bridgehead atoms. The molecule has 0 radical (unpaired) electrons. The largest absolute Gasteiger partial charge is 0.329 e. The van der Waals surface area contributed by atoms with Crippen LogP contribution in [0.15, 0.2) is 18.2 Å². The van der Waals surface area contributed by atoms with Crippen LogP contribution in [0, 0.1) is 5.92 Å².